The van der Waals surface area contributed by atoms with E-state index in [2.05, 4.69) is 5.16 Å². The number of ketones is 1. The van der Waals surface area contributed by atoms with E-state index in [1.54, 1.807) is 18.2 Å². The lowest BCUT2D eigenvalue weighted by Crippen LogP contribution is -2.46. The molecular weight excluding hydrogens is 233 g/mol. The Morgan fingerprint density at radius 3 is 3.00 bits per heavy atom. The van der Waals surface area contributed by atoms with Gasteiger partial charge in [-0.1, -0.05) is 23.4 Å². The number of hydrogen-bond donors (Lipinski definition) is 0. The molecule has 0 spiro atoms. The normalized spacial score (nSPS) is 30.7. The molecule has 3 nitrogen and oxygen atoms in total. The Hall–Kier alpha value is -1.71. The zero-order valence-electron chi connectivity index (χ0n) is 10.1. The Morgan fingerprint density at radius 1 is 1.44 bits per heavy atom. The Labute approximate surface area is 105 Å². The first-order chi connectivity index (χ1) is 8.64. The molecule has 0 amide bonds. The molecule has 94 valence electrons. The zero-order chi connectivity index (χ0) is 12.8. The fourth-order valence-corrected chi connectivity index (χ4v) is 2.81. The van der Waals surface area contributed by atoms with Crippen molar-refractivity contribution in [1.29, 1.82) is 0 Å². The van der Waals surface area contributed by atoms with E-state index in [1.807, 2.05) is 6.92 Å². The number of rotatable bonds is 1. The minimum absolute atomic E-state index is 0.0956. The van der Waals surface area contributed by atoms with Gasteiger partial charge in [0.1, 0.15) is 28.8 Å². The van der Waals surface area contributed by atoms with Crippen LogP contribution in [0.2, 0.25) is 0 Å². The van der Waals surface area contributed by atoms with Crippen molar-refractivity contribution in [3.63, 3.8) is 0 Å². The van der Waals surface area contributed by atoms with E-state index in [-0.39, 0.29) is 17.7 Å². The Morgan fingerprint density at radius 2 is 2.22 bits per heavy atom. The summed E-state index contributed by atoms with van der Waals surface area (Å²) in [5.41, 5.74) is 0.0218. The molecule has 0 unspecified atom stereocenters. The second kappa shape index (κ2) is 3.90. The molecule has 1 aromatic rings. The summed E-state index contributed by atoms with van der Waals surface area (Å²) < 4.78 is 13.8. The van der Waals surface area contributed by atoms with Gasteiger partial charge < -0.3 is 4.84 Å². The summed E-state index contributed by atoms with van der Waals surface area (Å²) in [6.45, 7) is 1.82. The van der Waals surface area contributed by atoms with Gasteiger partial charge in [-0.3, -0.25) is 4.79 Å². The highest BCUT2D eigenvalue weighted by molar-refractivity contribution is 6.18. The molecule has 2 atom stereocenters. The Bertz CT molecular complexity index is 540. The molecule has 1 aromatic carbocycles. The van der Waals surface area contributed by atoms with Crippen molar-refractivity contribution in [2.24, 2.45) is 10.6 Å². The van der Waals surface area contributed by atoms with Crippen LogP contribution in [0.1, 0.15) is 31.7 Å². The number of hydrogen-bond acceptors (Lipinski definition) is 3. The van der Waals surface area contributed by atoms with Gasteiger partial charge in [-0.05, 0) is 25.8 Å². The maximum absolute atomic E-state index is 13.8. The van der Waals surface area contributed by atoms with Crippen molar-refractivity contribution in [2.45, 2.75) is 32.3 Å². The first-order valence-corrected chi connectivity index (χ1v) is 6.16. The van der Waals surface area contributed by atoms with Gasteiger partial charge in [0, 0.05) is 12.0 Å². The average molecular weight is 247 g/mol. The summed E-state index contributed by atoms with van der Waals surface area (Å²) in [4.78, 5) is 17.6. The number of halogens is 1. The van der Waals surface area contributed by atoms with Gasteiger partial charge in [0.15, 0.2) is 0 Å². The molecular formula is C14H14FNO2. The van der Waals surface area contributed by atoms with E-state index >= 15 is 0 Å². The first kappa shape index (κ1) is 11.4. The van der Waals surface area contributed by atoms with Crippen molar-refractivity contribution in [2.75, 3.05) is 0 Å². The van der Waals surface area contributed by atoms with Crippen LogP contribution in [0.3, 0.4) is 0 Å². The van der Waals surface area contributed by atoms with Gasteiger partial charge in [0.25, 0.3) is 0 Å². The molecule has 0 bridgehead atoms. The van der Waals surface area contributed by atoms with Crippen molar-refractivity contribution in [3.05, 3.63) is 35.6 Å². The number of carbonyl (C=O) groups excluding carboxylic acids is 1. The quantitative estimate of drug-likeness (QED) is 0.765. The molecule has 3 rings (SSSR count). The van der Waals surface area contributed by atoms with Crippen LogP contribution in [0.5, 0.6) is 0 Å². The van der Waals surface area contributed by atoms with Crippen LogP contribution in [0.15, 0.2) is 29.4 Å². The minimum atomic E-state index is -0.791. The van der Waals surface area contributed by atoms with Gasteiger partial charge in [-0.15, -0.1) is 0 Å². The molecule has 1 aliphatic carbocycles. The molecule has 18 heavy (non-hydrogen) atoms. The van der Waals surface area contributed by atoms with Crippen molar-refractivity contribution >= 4 is 11.5 Å². The summed E-state index contributed by atoms with van der Waals surface area (Å²) >= 11 is 0. The van der Waals surface area contributed by atoms with Gasteiger partial charge >= 0.3 is 0 Å². The average Bonchev–Trinajstić information content (AvgIpc) is 2.70. The molecule has 1 aliphatic heterocycles. The van der Waals surface area contributed by atoms with E-state index in [0.717, 1.165) is 12.8 Å². The van der Waals surface area contributed by atoms with Crippen LogP contribution in [0, 0.1) is 11.2 Å². The van der Waals surface area contributed by atoms with E-state index in [1.165, 1.54) is 6.07 Å². The summed E-state index contributed by atoms with van der Waals surface area (Å²) in [6.07, 6.45) is 1.89. The number of Topliss-reactive ketones (excluding diaryl/α,β-unsaturated/α-hetero) is 1. The molecule has 0 radical (unpaired) electrons. The smallest absolute Gasteiger partial charge is 0.148 e. The van der Waals surface area contributed by atoms with Gasteiger partial charge in [0.2, 0.25) is 0 Å². The third-order valence-electron chi connectivity index (χ3n) is 3.99. The number of carbonyl (C=O) groups is 1. The predicted molar refractivity (Wildman–Crippen MR) is 64.8 cm³/mol. The molecule has 1 heterocycles. The summed E-state index contributed by atoms with van der Waals surface area (Å²) in [5.74, 6) is -0.265. The predicted octanol–water partition coefficient (Wildman–Crippen LogP) is 2.69. The molecule has 1 fully saturated rings. The molecule has 0 aromatic heterocycles. The molecule has 1 saturated carbocycles. The Kier molecular flexibility index (Phi) is 2.47. The van der Waals surface area contributed by atoms with Crippen LogP contribution in [0.25, 0.3) is 0 Å². The fraction of sp³-hybridized carbons (Fsp3) is 0.429. The molecule has 2 aliphatic rings. The number of fused-ring (bicyclic) bond motifs is 1. The van der Waals surface area contributed by atoms with Crippen molar-refractivity contribution < 1.29 is 14.0 Å². The van der Waals surface area contributed by atoms with Gasteiger partial charge in [-0.2, -0.15) is 0 Å². The van der Waals surface area contributed by atoms with Crippen molar-refractivity contribution in [1.82, 2.24) is 0 Å². The lowest BCUT2D eigenvalue weighted by atomic mass is 9.68. The highest BCUT2D eigenvalue weighted by Crippen LogP contribution is 2.43. The standard InChI is InChI=1S/C14H14FNO2/c1-14-11(17)7-4-8-12(14)18-16-13(14)9-5-2-3-6-10(9)15/h2-3,5-6,12H,4,7-8H2,1H3/t12-,14+/m0/s1. The van der Waals surface area contributed by atoms with Gasteiger partial charge in [-0.25, -0.2) is 4.39 Å². The van der Waals surface area contributed by atoms with Crippen molar-refractivity contribution in [3.8, 4) is 0 Å². The first-order valence-electron chi connectivity index (χ1n) is 6.16. The molecule has 0 N–H and O–H groups in total. The fourth-order valence-electron chi connectivity index (χ4n) is 2.81. The molecule has 0 saturated heterocycles. The highest BCUT2D eigenvalue weighted by Gasteiger charge is 2.53. The monoisotopic (exact) mass is 247 g/mol. The second-order valence-corrected chi connectivity index (χ2v) is 5.03. The van der Waals surface area contributed by atoms with Crippen LogP contribution in [0.4, 0.5) is 4.39 Å². The van der Waals surface area contributed by atoms with E-state index in [9.17, 15) is 9.18 Å². The minimum Gasteiger partial charge on any atom is -0.391 e. The van der Waals surface area contributed by atoms with E-state index in [0.29, 0.717) is 17.7 Å². The highest BCUT2D eigenvalue weighted by atomic mass is 19.1. The molecule has 4 heteroatoms. The zero-order valence-corrected chi connectivity index (χ0v) is 10.1. The number of nitrogens with zero attached hydrogens (tertiary/aromatic N) is 1. The third-order valence-corrected chi connectivity index (χ3v) is 3.99. The summed E-state index contributed by atoms with van der Waals surface area (Å²) in [6, 6.07) is 6.39. The maximum atomic E-state index is 13.8. The topological polar surface area (TPSA) is 38.7 Å². The van der Waals surface area contributed by atoms with Crippen LogP contribution in [-0.2, 0) is 9.63 Å². The van der Waals surface area contributed by atoms with Crippen LogP contribution >= 0.6 is 0 Å². The van der Waals surface area contributed by atoms with Crippen LogP contribution in [-0.4, -0.2) is 17.6 Å². The summed E-state index contributed by atoms with van der Waals surface area (Å²) in [5, 5.41) is 3.99. The van der Waals surface area contributed by atoms with Crippen LogP contribution < -0.4 is 0 Å². The maximum Gasteiger partial charge on any atom is 0.148 e. The second-order valence-electron chi connectivity index (χ2n) is 5.03. The van der Waals surface area contributed by atoms with Gasteiger partial charge in [0.05, 0.1) is 0 Å². The number of oxime groups is 1. The third kappa shape index (κ3) is 1.41. The largest absolute Gasteiger partial charge is 0.391 e. The lowest BCUT2D eigenvalue weighted by Gasteiger charge is -2.32. The summed E-state index contributed by atoms with van der Waals surface area (Å²) in [7, 11) is 0. The SMILES string of the molecule is C[C@@]12C(=O)CCC[C@@H]1ON=C2c1ccccc1F. The Balaban J connectivity index is 2.08. The van der Waals surface area contributed by atoms with E-state index < -0.39 is 5.41 Å². The number of benzene rings is 1. The lowest BCUT2D eigenvalue weighted by molar-refractivity contribution is -0.132. The van der Waals surface area contributed by atoms with E-state index in [4.69, 9.17) is 4.84 Å².